The van der Waals surface area contributed by atoms with Crippen molar-refractivity contribution in [2.24, 2.45) is 0 Å². The molecule has 41 heavy (non-hydrogen) atoms. The molecule has 0 fully saturated rings. The molecule has 10 nitrogen and oxygen atoms in total. The highest BCUT2D eigenvalue weighted by molar-refractivity contribution is 6.31. The van der Waals surface area contributed by atoms with Crippen LogP contribution in [0.2, 0.25) is 5.02 Å². The number of benzene rings is 1. The Labute approximate surface area is 238 Å². The van der Waals surface area contributed by atoms with Gasteiger partial charge in [-0.15, -0.1) is 5.10 Å². The van der Waals surface area contributed by atoms with Crippen LogP contribution in [0.4, 0.5) is 8.78 Å². The molecule has 4 rings (SSSR count). The third-order valence-electron chi connectivity index (χ3n) is 6.43. The molecular formula is C28H27ClF2N6O4. The standard InChI is InChI=1S/C28H27ClF2N6O4/c1-4-5-23(24(38)10-16-6-8-20(33-13-16)28(40)32-2)36-15-25(41-3)19(12-26(36)39)18-11-17(29)7-9-22(18)37-14-21(27(30)31)34-35-37/h6-9,11-15,23,27H,4-5,10H2,1-3H3,(H,32,40). The Morgan fingerprint density at radius 3 is 2.51 bits per heavy atom. The topological polar surface area (TPSA) is 121 Å². The number of pyridine rings is 2. The Kier molecular flexibility index (Phi) is 9.23. The zero-order chi connectivity index (χ0) is 29.7. The van der Waals surface area contributed by atoms with Crippen molar-refractivity contribution >= 4 is 23.3 Å². The van der Waals surface area contributed by atoms with Gasteiger partial charge in [-0.25, -0.2) is 13.5 Å². The van der Waals surface area contributed by atoms with Gasteiger partial charge < -0.3 is 14.6 Å². The van der Waals surface area contributed by atoms with Crippen LogP contribution in [-0.2, 0) is 11.2 Å². The first-order chi connectivity index (χ1) is 19.7. The molecule has 1 unspecified atom stereocenters. The summed E-state index contributed by atoms with van der Waals surface area (Å²) in [7, 11) is 2.91. The first-order valence-electron chi connectivity index (χ1n) is 12.7. The van der Waals surface area contributed by atoms with Gasteiger partial charge in [0, 0.05) is 41.9 Å². The van der Waals surface area contributed by atoms with Crippen LogP contribution in [-0.4, -0.2) is 50.4 Å². The zero-order valence-electron chi connectivity index (χ0n) is 22.5. The maximum atomic E-state index is 13.5. The van der Waals surface area contributed by atoms with Gasteiger partial charge in [-0.1, -0.05) is 36.2 Å². The second kappa shape index (κ2) is 12.8. The van der Waals surface area contributed by atoms with Crippen molar-refractivity contribution in [2.75, 3.05) is 14.2 Å². The highest BCUT2D eigenvalue weighted by Crippen LogP contribution is 2.36. The number of carbonyl (C=O) groups is 2. The normalized spacial score (nSPS) is 11.9. The van der Waals surface area contributed by atoms with Gasteiger partial charge >= 0.3 is 0 Å². The summed E-state index contributed by atoms with van der Waals surface area (Å²) in [6.45, 7) is 1.90. The number of aromatic nitrogens is 5. The quantitative estimate of drug-likeness (QED) is 0.273. The zero-order valence-corrected chi connectivity index (χ0v) is 23.2. The van der Waals surface area contributed by atoms with Crippen molar-refractivity contribution in [2.45, 2.75) is 38.7 Å². The summed E-state index contributed by atoms with van der Waals surface area (Å²) in [6, 6.07) is 8.39. The van der Waals surface area contributed by atoms with Crippen LogP contribution in [0.3, 0.4) is 0 Å². The van der Waals surface area contributed by atoms with Crippen LogP contribution >= 0.6 is 11.6 Å². The van der Waals surface area contributed by atoms with E-state index in [-0.39, 0.29) is 29.6 Å². The van der Waals surface area contributed by atoms with Gasteiger partial charge in [0.05, 0.1) is 31.2 Å². The fourth-order valence-electron chi connectivity index (χ4n) is 4.40. The second-order valence-corrected chi connectivity index (χ2v) is 9.57. The minimum atomic E-state index is -2.81. The van der Waals surface area contributed by atoms with E-state index in [4.69, 9.17) is 16.3 Å². The Hall–Kier alpha value is -4.45. The molecule has 4 aromatic rings. The molecule has 1 amide bonds. The Morgan fingerprint density at radius 1 is 1.12 bits per heavy atom. The lowest BCUT2D eigenvalue weighted by Crippen LogP contribution is -2.30. The van der Waals surface area contributed by atoms with Crippen LogP contribution in [0.25, 0.3) is 16.8 Å². The molecule has 0 saturated heterocycles. The molecule has 0 saturated carbocycles. The first-order valence-corrected chi connectivity index (χ1v) is 13.0. The predicted molar refractivity (Wildman–Crippen MR) is 148 cm³/mol. The van der Waals surface area contributed by atoms with Crippen LogP contribution < -0.4 is 15.6 Å². The molecule has 13 heteroatoms. The van der Waals surface area contributed by atoms with E-state index in [1.165, 1.54) is 47.9 Å². The van der Waals surface area contributed by atoms with Gasteiger partial charge in [-0.3, -0.25) is 19.4 Å². The fraction of sp³-hybridized carbons (Fsp3) is 0.286. The van der Waals surface area contributed by atoms with Crippen molar-refractivity contribution < 1.29 is 23.1 Å². The summed E-state index contributed by atoms with van der Waals surface area (Å²) in [6.07, 6.45) is 2.22. The predicted octanol–water partition coefficient (Wildman–Crippen LogP) is 4.60. The van der Waals surface area contributed by atoms with Crippen molar-refractivity contribution in [1.29, 1.82) is 0 Å². The Bertz CT molecular complexity index is 1620. The number of nitrogens with zero attached hydrogens (tertiary/aromatic N) is 5. The molecule has 0 bridgehead atoms. The molecule has 1 N–H and O–H groups in total. The van der Waals surface area contributed by atoms with E-state index in [1.54, 1.807) is 24.3 Å². The largest absolute Gasteiger partial charge is 0.495 e. The number of ether oxygens (including phenoxy) is 1. The number of Topliss-reactive ketones (excluding diaryl/α,β-unsaturated/α-hetero) is 1. The lowest BCUT2D eigenvalue weighted by Gasteiger charge is -2.21. The highest BCUT2D eigenvalue weighted by Gasteiger charge is 2.24. The van der Waals surface area contributed by atoms with Gasteiger partial charge in [-0.05, 0) is 36.2 Å². The van der Waals surface area contributed by atoms with E-state index in [0.29, 0.717) is 40.2 Å². The lowest BCUT2D eigenvalue weighted by molar-refractivity contribution is -0.121. The molecule has 214 valence electrons. The van der Waals surface area contributed by atoms with Crippen molar-refractivity contribution in [3.8, 4) is 22.6 Å². The average molecular weight is 585 g/mol. The van der Waals surface area contributed by atoms with E-state index < -0.39 is 23.7 Å². The smallest absolute Gasteiger partial charge is 0.283 e. The van der Waals surface area contributed by atoms with E-state index in [1.807, 2.05) is 6.92 Å². The number of alkyl halides is 2. The van der Waals surface area contributed by atoms with E-state index in [9.17, 15) is 23.2 Å². The van der Waals surface area contributed by atoms with Crippen molar-refractivity contribution in [1.82, 2.24) is 29.9 Å². The van der Waals surface area contributed by atoms with Gasteiger partial charge in [0.1, 0.15) is 17.1 Å². The molecule has 1 atom stereocenters. The maximum absolute atomic E-state index is 13.5. The van der Waals surface area contributed by atoms with Gasteiger partial charge in [-0.2, -0.15) is 0 Å². The number of ketones is 1. The number of nitrogens with one attached hydrogen (secondary N) is 1. The summed E-state index contributed by atoms with van der Waals surface area (Å²) in [5.74, 6) is -0.303. The van der Waals surface area contributed by atoms with Crippen LogP contribution in [0.5, 0.6) is 5.75 Å². The molecule has 0 spiro atoms. The molecule has 3 aromatic heterocycles. The number of halogens is 3. The number of hydrogen-bond acceptors (Lipinski definition) is 7. The van der Waals surface area contributed by atoms with Gasteiger partial charge in [0.25, 0.3) is 17.9 Å². The summed E-state index contributed by atoms with van der Waals surface area (Å²) in [5, 5.41) is 10.1. The molecule has 0 aliphatic heterocycles. The minimum Gasteiger partial charge on any atom is -0.495 e. The number of amides is 1. The van der Waals surface area contributed by atoms with Crippen molar-refractivity contribution in [3.63, 3.8) is 0 Å². The Morgan fingerprint density at radius 2 is 1.90 bits per heavy atom. The summed E-state index contributed by atoms with van der Waals surface area (Å²) < 4.78 is 34.4. The molecule has 3 heterocycles. The van der Waals surface area contributed by atoms with E-state index >= 15 is 0 Å². The SMILES string of the molecule is CCCC(C(=O)Cc1ccc(C(=O)NC)nc1)n1cc(OC)c(-c2cc(Cl)ccc2-n2cc(C(F)F)nn2)cc1=O. The van der Waals surface area contributed by atoms with Gasteiger partial charge in [0.2, 0.25) is 0 Å². The van der Waals surface area contributed by atoms with E-state index in [0.717, 1.165) is 6.20 Å². The molecule has 1 aromatic carbocycles. The maximum Gasteiger partial charge on any atom is 0.283 e. The third kappa shape index (κ3) is 6.49. The van der Waals surface area contributed by atoms with Crippen LogP contribution in [0, 0.1) is 0 Å². The monoisotopic (exact) mass is 584 g/mol. The Balaban J connectivity index is 1.72. The molecule has 0 aliphatic rings. The highest BCUT2D eigenvalue weighted by atomic mass is 35.5. The van der Waals surface area contributed by atoms with Gasteiger partial charge in [0.15, 0.2) is 5.78 Å². The van der Waals surface area contributed by atoms with Crippen molar-refractivity contribution in [3.05, 3.63) is 87.3 Å². The average Bonchev–Trinajstić information content (AvgIpc) is 3.46. The lowest BCUT2D eigenvalue weighted by atomic mass is 9.99. The van der Waals surface area contributed by atoms with E-state index in [2.05, 4.69) is 20.6 Å². The fourth-order valence-corrected chi connectivity index (χ4v) is 4.57. The third-order valence-corrected chi connectivity index (χ3v) is 6.66. The number of methoxy groups -OCH3 is 1. The number of rotatable bonds is 11. The molecule has 0 aliphatic carbocycles. The first kappa shape index (κ1) is 29.5. The molecule has 0 radical (unpaired) electrons. The summed E-state index contributed by atoms with van der Waals surface area (Å²) in [5.41, 5.74) is 0.910. The number of carbonyl (C=O) groups excluding carboxylic acids is 2. The minimum absolute atomic E-state index is 0.000587. The summed E-state index contributed by atoms with van der Waals surface area (Å²) in [4.78, 5) is 42.8. The number of hydrogen-bond donors (Lipinski definition) is 1. The second-order valence-electron chi connectivity index (χ2n) is 9.13. The molecular weight excluding hydrogens is 558 g/mol. The van der Waals surface area contributed by atoms with Crippen LogP contribution in [0.1, 0.15) is 54.0 Å². The summed E-state index contributed by atoms with van der Waals surface area (Å²) >= 11 is 6.26. The van der Waals surface area contributed by atoms with Crippen LogP contribution in [0.15, 0.2) is 59.8 Å².